The molecule has 9 heteroatoms. The second-order valence-electron chi connectivity index (χ2n) is 7.19. The van der Waals surface area contributed by atoms with E-state index in [4.69, 9.17) is 14.2 Å². The van der Waals surface area contributed by atoms with Crippen LogP contribution in [0.25, 0.3) is 0 Å². The smallest absolute Gasteiger partial charge is 0.338 e. The predicted molar refractivity (Wildman–Crippen MR) is 113 cm³/mol. The van der Waals surface area contributed by atoms with Crippen molar-refractivity contribution in [3.05, 3.63) is 70.4 Å². The molecule has 31 heavy (non-hydrogen) atoms. The van der Waals surface area contributed by atoms with Gasteiger partial charge in [0.25, 0.3) is 0 Å². The number of aryl methyl sites for hydroxylation is 1. The molecule has 0 saturated heterocycles. The number of hydrogen-bond acceptors (Lipinski definition) is 8. The van der Waals surface area contributed by atoms with Crippen LogP contribution in [-0.2, 0) is 16.1 Å². The first kappa shape index (κ1) is 20.4. The zero-order valence-electron chi connectivity index (χ0n) is 17.7. The number of aromatic nitrogens is 4. The fourth-order valence-electron chi connectivity index (χ4n) is 3.51. The summed E-state index contributed by atoms with van der Waals surface area (Å²) in [6.07, 6.45) is 0. The van der Waals surface area contributed by atoms with Gasteiger partial charge in [0.15, 0.2) is 11.5 Å². The molecule has 0 aliphatic carbocycles. The largest absolute Gasteiger partial charge is 0.493 e. The van der Waals surface area contributed by atoms with Crippen molar-refractivity contribution < 1.29 is 19.0 Å². The molecular weight excluding hydrogens is 398 g/mol. The summed E-state index contributed by atoms with van der Waals surface area (Å²) in [6, 6.07) is 13.1. The van der Waals surface area contributed by atoms with Crippen LogP contribution in [0.15, 0.2) is 53.7 Å². The molecule has 4 rings (SSSR count). The minimum atomic E-state index is -0.571. The molecule has 2 aromatic carbocycles. The number of nitrogens with one attached hydrogen (secondary N) is 1. The van der Waals surface area contributed by atoms with Crippen LogP contribution < -0.4 is 14.8 Å². The van der Waals surface area contributed by atoms with Gasteiger partial charge in [0.05, 0.1) is 19.8 Å². The first-order valence-electron chi connectivity index (χ1n) is 9.72. The maximum Gasteiger partial charge on any atom is 0.338 e. The number of rotatable bonds is 6. The molecule has 1 aliphatic heterocycles. The molecule has 1 aromatic heterocycles. The molecule has 0 spiro atoms. The van der Waals surface area contributed by atoms with Gasteiger partial charge in [-0.2, -0.15) is 4.68 Å². The van der Waals surface area contributed by atoms with E-state index in [1.807, 2.05) is 49.4 Å². The highest BCUT2D eigenvalue weighted by atomic mass is 16.5. The van der Waals surface area contributed by atoms with E-state index in [9.17, 15) is 4.79 Å². The molecule has 3 aromatic rings. The standard InChI is InChI=1S/C22H23N5O4/c1-13-5-7-15(8-6-13)12-31-17-10-9-16(11-18(17)29-3)20-19(21(28)30-4)14(2)23-22-24-25-26-27(20)22/h5-11,20H,12H2,1-4H3,(H,23,24,26). The van der Waals surface area contributed by atoms with Crippen LogP contribution in [0.4, 0.5) is 5.95 Å². The number of tetrazole rings is 1. The van der Waals surface area contributed by atoms with Gasteiger partial charge in [-0.3, -0.25) is 0 Å². The number of anilines is 1. The Labute approximate surface area is 179 Å². The maximum absolute atomic E-state index is 12.5. The SMILES string of the molecule is COC(=O)C1=C(C)Nc2nnnn2C1c1ccc(OCc2ccc(C)cc2)c(OC)c1. The summed E-state index contributed by atoms with van der Waals surface area (Å²) in [5.74, 6) is 1.11. The predicted octanol–water partition coefficient (Wildman–Crippen LogP) is 3.03. The lowest BCUT2D eigenvalue weighted by atomic mass is 9.95. The lowest BCUT2D eigenvalue weighted by Gasteiger charge is -2.27. The zero-order valence-corrected chi connectivity index (χ0v) is 17.7. The van der Waals surface area contributed by atoms with Crippen LogP contribution in [0, 0.1) is 6.92 Å². The van der Waals surface area contributed by atoms with Crippen molar-refractivity contribution in [2.24, 2.45) is 0 Å². The quantitative estimate of drug-likeness (QED) is 0.606. The fraction of sp³-hybridized carbons (Fsp3) is 0.273. The topological polar surface area (TPSA) is 100 Å². The minimum Gasteiger partial charge on any atom is -0.493 e. The van der Waals surface area contributed by atoms with E-state index in [2.05, 4.69) is 20.8 Å². The Hall–Kier alpha value is -3.88. The second-order valence-corrected chi connectivity index (χ2v) is 7.19. The third kappa shape index (κ3) is 3.94. The van der Waals surface area contributed by atoms with Crippen LogP contribution in [0.3, 0.4) is 0 Å². The number of hydrogen-bond donors (Lipinski definition) is 1. The summed E-state index contributed by atoms with van der Waals surface area (Å²) in [6.45, 7) is 4.24. The molecule has 0 amide bonds. The average molecular weight is 421 g/mol. The molecule has 1 aliphatic rings. The van der Waals surface area contributed by atoms with Gasteiger partial charge in [0.2, 0.25) is 5.95 Å². The van der Waals surface area contributed by atoms with E-state index in [0.717, 1.165) is 11.1 Å². The summed E-state index contributed by atoms with van der Waals surface area (Å²) in [7, 11) is 2.92. The minimum absolute atomic E-state index is 0.410. The van der Waals surface area contributed by atoms with Crippen molar-refractivity contribution in [1.82, 2.24) is 20.2 Å². The molecule has 1 unspecified atom stereocenters. The molecule has 1 N–H and O–H groups in total. The fourth-order valence-corrected chi connectivity index (χ4v) is 3.51. The van der Waals surface area contributed by atoms with Crippen molar-refractivity contribution in [3.63, 3.8) is 0 Å². The summed E-state index contributed by atoms with van der Waals surface area (Å²) in [4.78, 5) is 12.5. The van der Waals surface area contributed by atoms with Gasteiger partial charge in [-0.25, -0.2) is 4.79 Å². The van der Waals surface area contributed by atoms with Gasteiger partial charge in [-0.15, -0.1) is 0 Å². The molecule has 160 valence electrons. The number of allylic oxidation sites excluding steroid dienone is 1. The monoisotopic (exact) mass is 421 g/mol. The highest BCUT2D eigenvalue weighted by Crippen LogP contribution is 2.38. The molecule has 2 heterocycles. The van der Waals surface area contributed by atoms with Gasteiger partial charge in [-0.05, 0) is 47.5 Å². The van der Waals surface area contributed by atoms with E-state index in [0.29, 0.717) is 35.3 Å². The summed E-state index contributed by atoms with van der Waals surface area (Å²) in [5, 5.41) is 14.8. The highest BCUT2D eigenvalue weighted by Gasteiger charge is 2.35. The Morgan fingerprint density at radius 1 is 1.10 bits per heavy atom. The lowest BCUT2D eigenvalue weighted by molar-refractivity contribution is -0.136. The number of esters is 1. The normalized spacial score (nSPS) is 15.2. The molecule has 9 nitrogen and oxygen atoms in total. The molecule has 1 atom stereocenters. The number of nitrogens with zero attached hydrogens (tertiary/aromatic N) is 4. The number of carbonyl (C=O) groups is 1. The number of carbonyl (C=O) groups excluding carboxylic acids is 1. The highest BCUT2D eigenvalue weighted by molar-refractivity contribution is 5.92. The third-order valence-corrected chi connectivity index (χ3v) is 5.14. The van der Waals surface area contributed by atoms with E-state index in [-0.39, 0.29) is 0 Å². The summed E-state index contributed by atoms with van der Waals surface area (Å²) < 4.78 is 18.1. The maximum atomic E-state index is 12.5. The summed E-state index contributed by atoms with van der Waals surface area (Å²) >= 11 is 0. The number of fused-ring (bicyclic) bond motifs is 1. The Balaban J connectivity index is 1.67. The molecule has 0 saturated carbocycles. The first-order valence-corrected chi connectivity index (χ1v) is 9.72. The van der Waals surface area contributed by atoms with E-state index >= 15 is 0 Å². The molecular formula is C22H23N5O4. The number of ether oxygens (including phenoxy) is 3. The van der Waals surface area contributed by atoms with E-state index in [1.54, 1.807) is 18.7 Å². The van der Waals surface area contributed by atoms with Crippen molar-refractivity contribution in [2.45, 2.75) is 26.5 Å². The third-order valence-electron chi connectivity index (χ3n) is 5.14. The first-order chi connectivity index (χ1) is 15.0. The van der Waals surface area contributed by atoms with E-state index in [1.165, 1.54) is 12.7 Å². The second kappa shape index (κ2) is 8.47. The van der Waals surface area contributed by atoms with Crippen LogP contribution >= 0.6 is 0 Å². The van der Waals surface area contributed by atoms with Gasteiger partial charge in [-0.1, -0.05) is 41.0 Å². The summed E-state index contributed by atoms with van der Waals surface area (Å²) in [5.41, 5.74) is 4.05. The molecule has 0 radical (unpaired) electrons. The van der Waals surface area contributed by atoms with Crippen molar-refractivity contribution in [3.8, 4) is 11.5 Å². The molecule has 0 bridgehead atoms. The van der Waals surface area contributed by atoms with Crippen LogP contribution in [0.5, 0.6) is 11.5 Å². The Morgan fingerprint density at radius 2 is 1.87 bits per heavy atom. The van der Waals surface area contributed by atoms with Crippen molar-refractivity contribution in [2.75, 3.05) is 19.5 Å². The Kier molecular flexibility index (Phi) is 5.57. The van der Waals surface area contributed by atoms with Gasteiger partial charge in [0, 0.05) is 5.70 Å². The Bertz CT molecular complexity index is 1140. The van der Waals surface area contributed by atoms with Crippen LogP contribution in [-0.4, -0.2) is 40.4 Å². The van der Waals surface area contributed by atoms with Crippen LogP contribution in [0.1, 0.15) is 29.7 Å². The lowest BCUT2D eigenvalue weighted by Crippen LogP contribution is -2.29. The Morgan fingerprint density at radius 3 is 2.58 bits per heavy atom. The number of methoxy groups -OCH3 is 2. The number of benzene rings is 2. The van der Waals surface area contributed by atoms with Gasteiger partial charge >= 0.3 is 5.97 Å². The van der Waals surface area contributed by atoms with Crippen molar-refractivity contribution in [1.29, 1.82) is 0 Å². The van der Waals surface area contributed by atoms with Crippen LogP contribution in [0.2, 0.25) is 0 Å². The van der Waals surface area contributed by atoms with E-state index < -0.39 is 12.0 Å². The zero-order chi connectivity index (χ0) is 22.0. The van der Waals surface area contributed by atoms with Gasteiger partial charge < -0.3 is 19.5 Å². The average Bonchev–Trinajstić information content (AvgIpc) is 3.25. The van der Waals surface area contributed by atoms with Gasteiger partial charge in [0.1, 0.15) is 12.6 Å². The van der Waals surface area contributed by atoms with Crippen molar-refractivity contribution >= 4 is 11.9 Å². The molecule has 0 fully saturated rings.